The Kier molecular flexibility index (Phi) is 4.73. The molecule has 0 unspecified atom stereocenters. The summed E-state index contributed by atoms with van der Waals surface area (Å²) in [6, 6.07) is 2.06. The molecule has 0 aromatic heterocycles. The number of halogens is 6. The Hall–Kier alpha value is -0.850. The molecular formula is C10H8BrF5O. The van der Waals surface area contributed by atoms with Crippen molar-refractivity contribution in [2.24, 2.45) is 0 Å². The van der Waals surface area contributed by atoms with Crippen molar-refractivity contribution in [3.63, 3.8) is 0 Å². The molecular weight excluding hydrogens is 311 g/mol. The Morgan fingerprint density at radius 3 is 2.41 bits per heavy atom. The van der Waals surface area contributed by atoms with Crippen LogP contribution in [0.15, 0.2) is 16.6 Å². The lowest BCUT2D eigenvalue weighted by molar-refractivity contribution is -0.136. The normalized spacial score (nSPS) is 11.6. The first-order valence-electron chi connectivity index (χ1n) is 4.63. The van der Waals surface area contributed by atoms with Gasteiger partial charge in [0.1, 0.15) is 0 Å². The van der Waals surface area contributed by atoms with Crippen LogP contribution < -0.4 is 4.74 Å². The molecule has 0 N–H and O–H groups in total. The minimum atomic E-state index is -4.27. The summed E-state index contributed by atoms with van der Waals surface area (Å²) < 4.78 is 66.3. The number of ether oxygens (including phenoxy) is 1. The zero-order valence-corrected chi connectivity index (χ0v) is 10.0. The van der Waals surface area contributed by atoms with Crippen molar-refractivity contribution in [1.82, 2.24) is 0 Å². The Morgan fingerprint density at radius 2 is 1.82 bits per heavy atom. The van der Waals surface area contributed by atoms with Gasteiger partial charge in [-0.15, -0.1) is 0 Å². The van der Waals surface area contributed by atoms with E-state index in [-0.39, 0.29) is 17.5 Å². The molecule has 96 valence electrons. The average molecular weight is 319 g/mol. The van der Waals surface area contributed by atoms with E-state index in [4.69, 9.17) is 4.74 Å². The molecule has 17 heavy (non-hydrogen) atoms. The summed E-state index contributed by atoms with van der Waals surface area (Å²) in [5, 5.41) is 0. The van der Waals surface area contributed by atoms with E-state index in [0.29, 0.717) is 0 Å². The van der Waals surface area contributed by atoms with Crippen molar-refractivity contribution in [3.8, 4) is 5.75 Å². The molecule has 0 bridgehead atoms. The molecule has 0 aliphatic carbocycles. The molecule has 0 fully saturated rings. The SMILES string of the molecule is Fc1cc(Br)cc(OCCCC(F)(F)F)c1F. The molecule has 1 aromatic carbocycles. The van der Waals surface area contributed by atoms with Crippen LogP contribution in [-0.2, 0) is 0 Å². The number of rotatable bonds is 4. The van der Waals surface area contributed by atoms with Crippen molar-refractivity contribution in [2.45, 2.75) is 19.0 Å². The maximum absolute atomic E-state index is 13.1. The average Bonchev–Trinajstić information content (AvgIpc) is 2.18. The molecule has 0 amide bonds. The number of hydrogen-bond donors (Lipinski definition) is 0. The molecule has 0 saturated heterocycles. The number of benzene rings is 1. The molecule has 0 spiro atoms. The van der Waals surface area contributed by atoms with Gasteiger partial charge in [-0.1, -0.05) is 15.9 Å². The Bertz CT molecular complexity index is 391. The molecule has 7 heteroatoms. The standard InChI is InChI=1S/C10H8BrF5O/c11-6-4-7(12)9(13)8(5-6)17-3-1-2-10(14,15)16/h4-5H,1-3H2. The molecule has 0 atom stereocenters. The van der Waals surface area contributed by atoms with E-state index in [9.17, 15) is 22.0 Å². The Morgan fingerprint density at radius 1 is 1.18 bits per heavy atom. The van der Waals surface area contributed by atoms with E-state index in [1.807, 2.05) is 0 Å². The van der Waals surface area contributed by atoms with Crippen molar-refractivity contribution >= 4 is 15.9 Å². The second kappa shape index (κ2) is 5.66. The van der Waals surface area contributed by atoms with Crippen LogP contribution in [0.25, 0.3) is 0 Å². The van der Waals surface area contributed by atoms with Gasteiger partial charge >= 0.3 is 6.18 Å². The summed E-state index contributed by atoms with van der Waals surface area (Å²) in [7, 11) is 0. The molecule has 0 aliphatic heterocycles. The first kappa shape index (κ1) is 14.2. The van der Waals surface area contributed by atoms with Crippen LogP contribution in [-0.4, -0.2) is 12.8 Å². The number of hydrogen-bond acceptors (Lipinski definition) is 1. The van der Waals surface area contributed by atoms with Crippen molar-refractivity contribution in [2.75, 3.05) is 6.61 Å². The van der Waals surface area contributed by atoms with E-state index in [0.717, 1.165) is 12.1 Å². The Labute approximate surface area is 103 Å². The quantitative estimate of drug-likeness (QED) is 0.453. The van der Waals surface area contributed by atoms with Gasteiger partial charge in [-0.05, 0) is 18.6 Å². The second-order valence-electron chi connectivity index (χ2n) is 3.27. The third-order valence-corrected chi connectivity index (χ3v) is 2.28. The van der Waals surface area contributed by atoms with Gasteiger partial charge in [0.15, 0.2) is 11.6 Å². The van der Waals surface area contributed by atoms with Crippen LogP contribution in [0.3, 0.4) is 0 Å². The topological polar surface area (TPSA) is 9.23 Å². The van der Waals surface area contributed by atoms with Crippen LogP contribution in [0.4, 0.5) is 22.0 Å². The minimum absolute atomic E-state index is 0.252. The van der Waals surface area contributed by atoms with Crippen LogP contribution in [0.5, 0.6) is 5.75 Å². The zero-order chi connectivity index (χ0) is 13.1. The van der Waals surface area contributed by atoms with Gasteiger partial charge in [0.25, 0.3) is 0 Å². The summed E-state index contributed by atoms with van der Waals surface area (Å²) in [6.07, 6.45) is -5.60. The lowest BCUT2D eigenvalue weighted by atomic mass is 10.3. The van der Waals surface area contributed by atoms with E-state index in [1.54, 1.807) is 0 Å². The largest absolute Gasteiger partial charge is 0.490 e. The van der Waals surface area contributed by atoms with Gasteiger partial charge in [-0.25, -0.2) is 4.39 Å². The molecule has 0 aliphatic rings. The second-order valence-corrected chi connectivity index (χ2v) is 4.18. The third-order valence-electron chi connectivity index (χ3n) is 1.82. The van der Waals surface area contributed by atoms with E-state index in [1.165, 1.54) is 0 Å². The summed E-state index contributed by atoms with van der Waals surface area (Å²) >= 11 is 2.92. The van der Waals surface area contributed by atoms with Crippen molar-refractivity contribution in [1.29, 1.82) is 0 Å². The predicted octanol–water partition coefficient (Wildman–Crippen LogP) is 4.45. The van der Waals surface area contributed by atoms with E-state index in [2.05, 4.69) is 15.9 Å². The first-order chi connectivity index (χ1) is 7.79. The van der Waals surface area contributed by atoms with Crippen LogP contribution in [0, 0.1) is 11.6 Å². The molecule has 1 aromatic rings. The van der Waals surface area contributed by atoms with Crippen molar-refractivity contribution in [3.05, 3.63) is 28.2 Å². The van der Waals surface area contributed by atoms with Crippen LogP contribution in [0.2, 0.25) is 0 Å². The smallest absolute Gasteiger partial charge is 0.389 e. The van der Waals surface area contributed by atoms with E-state index < -0.39 is 30.0 Å². The molecule has 1 nitrogen and oxygen atoms in total. The van der Waals surface area contributed by atoms with Crippen LogP contribution in [0.1, 0.15) is 12.8 Å². The summed E-state index contributed by atoms with van der Waals surface area (Å²) in [6.45, 7) is -0.327. The lowest BCUT2D eigenvalue weighted by Crippen LogP contribution is -2.10. The molecule has 0 radical (unpaired) electrons. The fraction of sp³-hybridized carbons (Fsp3) is 0.400. The fourth-order valence-corrected chi connectivity index (χ4v) is 1.50. The summed E-state index contributed by atoms with van der Waals surface area (Å²) in [5.41, 5.74) is 0. The van der Waals surface area contributed by atoms with Gasteiger partial charge in [-0.3, -0.25) is 0 Å². The highest BCUT2D eigenvalue weighted by Crippen LogP contribution is 2.26. The maximum Gasteiger partial charge on any atom is 0.389 e. The van der Waals surface area contributed by atoms with Gasteiger partial charge in [-0.2, -0.15) is 17.6 Å². The predicted molar refractivity (Wildman–Crippen MR) is 54.8 cm³/mol. The monoisotopic (exact) mass is 318 g/mol. The van der Waals surface area contributed by atoms with E-state index >= 15 is 0 Å². The highest BCUT2D eigenvalue weighted by Gasteiger charge is 2.26. The van der Waals surface area contributed by atoms with Gasteiger partial charge in [0, 0.05) is 10.9 Å². The maximum atomic E-state index is 13.1. The van der Waals surface area contributed by atoms with Gasteiger partial charge < -0.3 is 4.74 Å². The summed E-state index contributed by atoms with van der Waals surface area (Å²) in [5.74, 6) is -2.73. The lowest BCUT2D eigenvalue weighted by Gasteiger charge is -2.09. The van der Waals surface area contributed by atoms with Crippen LogP contribution >= 0.6 is 15.9 Å². The zero-order valence-electron chi connectivity index (χ0n) is 8.45. The number of alkyl halides is 3. The minimum Gasteiger partial charge on any atom is -0.490 e. The third kappa shape index (κ3) is 4.89. The highest BCUT2D eigenvalue weighted by molar-refractivity contribution is 9.10. The highest BCUT2D eigenvalue weighted by atomic mass is 79.9. The molecule has 0 heterocycles. The first-order valence-corrected chi connectivity index (χ1v) is 5.43. The van der Waals surface area contributed by atoms with Gasteiger partial charge in [0.05, 0.1) is 6.61 Å². The fourth-order valence-electron chi connectivity index (χ4n) is 1.09. The summed E-state index contributed by atoms with van der Waals surface area (Å²) in [4.78, 5) is 0. The molecule has 0 saturated carbocycles. The van der Waals surface area contributed by atoms with Crippen molar-refractivity contribution < 1.29 is 26.7 Å². The Balaban J connectivity index is 2.52. The van der Waals surface area contributed by atoms with Gasteiger partial charge in [0.2, 0.25) is 5.82 Å². The molecule has 1 rings (SSSR count).